The molecular formula is C30H35NO10. The summed E-state index contributed by atoms with van der Waals surface area (Å²) in [5.74, 6) is -4.42. The quantitative estimate of drug-likeness (QED) is 0.333. The summed E-state index contributed by atoms with van der Waals surface area (Å²) in [6, 6.07) is 5.14. The van der Waals surface area contributed by atoms with E-state index in [9.17, 15) is 34.8 Å². The number of fused-ring (bicyclic) bond motifs is 3. The molecule has 4 N–H and O–H groups in total. The number of phenols is 2. The van der Waals surface area contributed by atoms with E-state index in [4.69, 9.17) is 14.2 Å². The number of benzene rings is 2. The summed E-state index contributed by atoms with van der Waals surface area (Å²) in [4.78, 5) is 42.1. The van der Waals surface area contributed by atoms with Crippen molar-refractivity contribution in [2.45, 2.75) is 75.3 Å². The fourth-order valence-electron chi connectivity index (χ4n) is 6.50. The molecule has 0 saturated carbocycles. The van der Waals surface area contributed by atoms with Gasteiger partial charge in [0, 0.05) is 35.6 Å². The lowest BCUT2D eigenvalue weighted by atomic mass is 9.67. The Balaban J connectivity index is 1.69. The highest BCUT2D eigenvalue weighted by molar-refractivity contribution is 6.30. The summed E-state index contributed by atoms with van der Waals surface area (Å²) in [6.07, 6.45) is -3.09. The Morgan fingerprint density at radius 3 is 2.49 bits per heavy atom. The third-order valence-corrected chi connectivity index (χ3v) is 8.77. The largest absolute Gasteiger partial charge is 0.507 e. The van der Waals surface area contributed by atoms with Gasteiger partial charge in [0.15, 0.2) is 12.1 Å². The minimum atomic E-state index is -1.69. The lowest BCUT2D eigenvalue weighted by Gasteiger charge is -2.46. The number of aliphatic hydroxyl groups is 2. The molecule has 0 unspecified atom stereocenters. The van der Waals surface area contributed by atoms with Gasteiger partial charge in [0.1, 0.15) is 17.4 Å². The van der Waals surface area contributed by atoms with Gasteiger partial charge in [0.25, 0.3) is 0 Å². The van der Waals surface area contributed by atoms with E-state index in [1.54, 1.807) is 13.8 Å². The number of methoxy groups -OCH3 is 1. The maximum Gasteiger partial charge on any atom is 0.316 e. The van der Waals surface area contributed by atoms with E-state index >= 15 is 0 Å². The Labute approximate surface area is 237 Å². The average molecular weight is 570 g/mol. The van der Waals surface area contributed by atoms with Crippen molar-refractivity contribution in [1.82, 2.24) is 4.90 Å². The lowest BCUT2D eigenvalue weighted by Crippen LogP contribution is -2.54. The Bertz CT molecular complexity index is 1420. The third-order valence-electron chi connectivity index (χ3n) is 8.77. The summed E-state index contributed by atoms with van der Waals surface area (Å²) >= 11 is 0. The van der Waals surface area contributed by atoms with Crippen LogP contribution in [0.5, 0.6) is 11.5 Å². The second-order valence-corrected chi connectivity index (χ2v) is 11.3. The van der Waals surface area contributed by atoms with Crippen LogP contribution in [0.4, 0.5) is 0 Å². The highest BCUT2D eigenvalue weighted by atomic mass is 16.7. The molecule has 1 fully saturated rings. The zero-order valence-electron chi connectivity index (χ0n) is 23.6. The van der Waals surface area contributed by atoms with E-state index in [1.165, 1.54) is 31.4 Å². The molecule has 41 heavy (non-hydrogen) atoms. The number of hydrogen-bond donors (Lipinski definition) is 4. The monoisotopic (exact) mass is 569 g/mol. The van der Waals surface area contributed by atoms with Crippen molar-refractivity contribution in [1.29, 1.82) is 0 Å². The summed E-state index contributed by atoms with van der Waals surface area (Å²) < 4.78 is 17.3. The number of likely N-dealkylation sites (N-methyl/N-ethyl adjacent to an activating group) is 1. The van der Waals surface area contributed by atoms with Crippen LogP contribution < -0.4 is 0 Å². The van der Waals surface area contributed by atoms with E-state index in [2.05, 4.69) is 0 Å². The number of carbonyl (C=O) groups excluding carboxylic acids is 3. The van der Waals surface area contributed by atoms with Crippen LogP contribution in [0.15, 0.2) is 24.3 Å². The second kappa shape index (κ2) is 10.5. The van der Waals surface area contributed by atoms with Gasteiger partial charge in [0.2, 0.25) is 5.78 Å². The Morgan fingerprint density at radius 2 is 1.85 bits per heavy atom. The number of carbonyl (C=O) groups is 3. The summed E-state index contributed by atoms with van der Waals surface area (Å²) in [6.45, 7) is 3.41. The maximum absolute atomic E-state index is 13.6. The van der Waals surface area contributed by atoms with Crippen molar-refractivity contribution in [2.24, 2.45) is 0 Å². The molecule has 1 heterocycles. The highest BCUT2D eigenvalue weighted by Crippen LogP contribution is 2.54. The molecule has 1 saturated heterocycles. The zero-order chi connectivity index (χ0) is 30.0. The Hall–Kier alpha value is -3.35. The molecule has 7 atom stereocenters. The van der Waals surface area contributed by atoms with Crippen LogP contribution in [-0.4, -0.2) is 94.2 Å². The van der Waals surface area contributed by atoms with Gasteiger partial charge in [-0.25, -0.2) is 0 Å². The molecule has 11 nitrogen and oxygen atoms in total. The predicted molar refractivity (Wildman–Crippen MR) is 144 cm³/mol. The number of esters is 1. The fraction of sp³-hybridized carbons (Fsp3) is 0.500. The predicted octanol–water partition coefficient (Wildman–Crippen LogP) is 2.16. The SMILES string of the molecule is CC[C@@]1(O)C[C@H](O[C@@H]2C[C@H](N(C)C)[C@H](O)[C@@H](C)O2)c2c(cc3c(c2O)C(=O)c2c(O)cccc2C3=O)[C@H]1C(=O)OC. The van der Waals surface area contributed by atoms with Gasteiger partial charge in [-0.15, -0.1) is 0 Å². The van der Waals surface area contributed by atoms with Crippen molar-refractivity contribution in [3.8, 4) is 11.5 Å². The number of ether oxygens (including phenoxy) is 3. The number of phenolic OH excluding ortho intramolecular Hbond substituents is 2. The van der Waals surface area contributed by atoms with Crippen molar-refractivity contribution in [3.05, 3.63) is 57.6 Å². The second-order valence-electron chi connectivity index (χ2n) is 11.3. The zero-order valence-corrected chi connectivity index (χ0v) is 23.6. The number of rotatable bonds is 5. The smallest absolute Gasteiger partial charge is 0.316 e. The topological polar surface area (TPSA) is 163 Å². The lowest BCUT2D eigenvalue weighted by molar-refractivity contribution is -0.258. The minimum absolute atomic E-state index is 0.0382. The Morgan fingerprint density at radius 1 is 1.15 bits per heavy atom. The van der Waals surface area contributed by atoms with Crippen LogP contribution in [0.3, 0.4) is 0 Å². The minimum Gasteiger partial charge on any atom is -0.507 e. The van der Waals surface area contributed by atoms with E-state index in [0.29, 0.717) is 0 Å². The molecule has 0 radical (unpaired) electrons. The van der Waals surface area contributed by atoms with Crippen LogP contribution in [0.2, 0.25) is 0 Å². The van der Waals surface area contributed by atoms with Gasteiger partial charge in [-0.05, 0) is 45.1 Å². The van der Waals surface area contributed by atoms with Crippen LogP contribution in [0, 0.1) is 0 Å². The molecule has 0 aromatic heterocycles. The van der Waals surface area contributed by atoms with Gasteiger partial charge < -0.3 is 39.5 Å². The number of nitrogens with zero attached hydrogens (tertiary/aromatic N) is 1. The van der Waals surface area contributed by atoms with Crippen LogP contribution in [0.1, 0.15) is 88.1 Å². The average Bonchev–Trinajstić information content (AvgIpc) is 2.92. The first-order valence-electron chi connectivity index (χ1n) is 13.6. The standard InChI is InChI=1S/C30H35NO10/c1-6-30(38)12-19(41-20-11-17(31(3)4)25(33)13(2)40-20)22-15(24(30)29(37)39-5)10-16-23(28(22)36)27(35)21-14(26(16)34)8-7-9-18(21)32/h7-10,13,17,19-20,24-25,32-33,36,38H,6,11-12H2,1-5H3/t13-,17+,19+,20-,24+,25-,30-/m1/s1. The molecule has 2 aromatic carbocycles. The summed E-state index contributed by atoms with van der Waals surface area (Å²) in [7, 11) is 4.82. The van der Waals surface area contributed by atoms with Crippen LogP contribution >= 0.6 is 0 Å². The number of aromatic hydroxyl groups is 2. The first kappa shape index (κ1) is 29.2. The highest BCUT2D eigenvalue weighted by Gasteiger charge is 2.53. The first-order valence-corrected chi connectivity index (χ1v) is 13.6. The van der Waals surface area contributed by atoms with Gasteiger partial charge in [-0.1, -0.05) is 19.1 Å². The molecule has 220 valence electrons. The van der Waals surface area contributed by atoms with E-state index in [-0.39, 0.29) is 58.7 Å². The van der Waals surface area contributed by atoms with E-state index < -0.39 is 65.2 Å². The molecule has 11 heteroatoms. The molecule has 0 amide bonds. The van der Waals surface area contributed by atoms with E-state index in [0.717, 1.165) is 0 Å². The fourth-order valence-corrected chi connectivity index (χ4v) is 6.50. The third kappa shape index (κ3) is 4.52. The van der Waals surface area contributed by atoms with Gasteiger partial charge in [-0.3, -0.25) is 14.4 Å². The van der Waals surface area contributed by atoms with Gasteiger partial charge >= 0.3 is 5.97 Å². The summed E-state index contributed by atoms with van der Waals surface area (Å²) in [5, 5.41) is 44.5. The number of hydrogen-bond acceptors (Lipinski definition) is 11. The number of aliphatic hydroxyl groups excluding tert-OH is 1. The Kier molecular flexibility index (Phi) is 7.46. The molecule has 0 spiro atoms. The van der Waals surface area contributed by atoms with Crippen molar-refractivity contribution in [3.63, 3.8) is 0 Å². The molecule has 2 aromatic rings. The molecular weight excluding hydrogens is 534 g/mol. The molecule has 3 aliphatic rings. The van der Waals surface area contributed by atoms with E-state index in [1.807, 2.05) is 19.0 Å². The molecule has 5 rings (SSSR count). The molecule has 1 aliphatic heterocycles. The molecule has 0 bridgehead atoms. The van der Waals surface area contributed by atoms with Crippen LogP contribution in [0.25, 0.3) is 0 Å². The van der Waals surface area contributed by atoms with Crippen molar-refractivity contribution in [2.75, 3.05) is 21.2 Å². The van der Waals surface area contributed by atoms with Gasteiger partial charge in [-0.2, -0.15) is 0 Å². The normalized spacial score (nSPS) is 30.9. The van der Waals surface area contributed by atoms with Crippen molar-refractivity contribution >= 4 is 17.5 Å². The van der Waals surface area contributed by atoms with Crippen molar-refractivity contribution < 1.29 is 49.0 Å². The maximum atomic E-state index is 13.6. The summed E-state index contributed by atoms with van der Waals surface area (Å²) in [5.41, 5.74) is -2.27. The molecule has 2 aliphatic carbocycles. The van der Waals surface area contributed by atoms with Gasteiger partial charge in [0.05, 0.1) is 42.1 Å². The number of ketones is 2. The van der Waals surface area contributed by atoms with Crippen LogP contribution in [-0.2, 0) is 19.0 Å². The first-order chi connectivity index (χ1) is 19.3.